The lowest BCUT2D eigenvalue weighted by Gasteiger charge is -2.33. The zero-order valence-corrected chi connectivity index (χ0v) is 20.1. The molecule has 1 aromatic carbocycles. The summed E-state index contributed by atoms with van der Waals surface area (Å²) in [5.74, 6) is -1.31. The number of aromatic nitrogens is 2. The summed E-state index contributed by atoms with van der Waals surface area (Å²) in [6.07, 6.45) is 8.10. The lowest BCUT2D eigenvalue weighted by molar-refractivity contribution is 0.0684. The van der Waals surface area contributed by atoms with E-state index in [2.05, 4.69) is 45.8 Å². The van der Waals surface area contributed by atoms with Gasteiger partial charge >= 0.3 is 0 Å². The molecule has 5 rings (SSSR count). The molecule has 2 aliphatic rings. The molecule has 35 heavy (non-hydrogen) atoms. The van der Waals surface area contributed by atoms with Crippen LogP contribution >= 0.6 is 0 Å². The smallest absolute Gasteiger partial charge is 0.275 e. The number of likely N-dealkylation sites (tertiary alicyclic amines) is 2. The van der Waals surface area contributed by atoms with Crippen molar-refractivity contribution in [3.05, 3.63) is 60.1 Å². The molecule has 0 bridgehead atoms. The average Bonchev–Trinajstić information content (AvgIpc) is 3.47. The SMILES string of the molecule is C[C@@H]1CCCN1CCCOc1ccc2c(ccn2C2CCN(C(=O)c3ncc(F)cc3F)CC2)c1. The molecule has 2 aromatic heterocycles. The highest BCUT2D eigenvalue weighted by molar-refractivity contribution is 5.92. The molecule has 2 fully saturated rings. The molecule has 2 saturated heterocycles. The molecule has 3 aromatic rings. The van der Waals surface area contributed by atoms with Crippen LogP contribution in [0.3, 0.4) is 0 Å². The number of halogens is 2. The average molecular weight is 483 g/mol. The van der Waals surface area contributed by atoms with E-state index in [0.29, 0.717) is 31.8 Å². The molecular weight excluding hydrogens is 450 g/mol. The van der Waals surface area contributed by atoms with Gasteiger partial charge in [-0.1, -0.05) is 0 Å². The van der Waals surface area contributed by atoms with E-state index in [1.165, 1.54) is 19.4 Å². The quantitative estimate of drug-likeness (QED) is 0.443. The van der Waals surface area contributed by atoms with E-state index >= 15 is 0 Å². The van der Waals surface area contributed by atoms with Crippen LogP contribution in [0.15, 0.2) is 42.7 Å². The molecule has 4 heterocycles. The first-order valence-electron chi connectivity index (χ1n) is 12.6. The summed E-state index contributed by atoms with van der Waals surface area (Å²) in [5, 5.41) is 1.13. The molecule has 2 aliphatic heterocycles. The molecule has 1 atom stereocenters. The standard InChI is InChI=1S/C27H32F2N4O2/c1-19-4-2-10-31(19)11-3-15-35-23-5-6-25-20(16-23)7-14-33(25)22-8-12-32(13-9-22)27(34)26-24(29)17-21(28)18-30-26/h5-7,14,16-19,22H,2-4,8-13,15H2,1H3/t19-/m1/s1. The Labute approximate surface area is 204 Å². The molecular formula is C27H32F2N4O2. The van der Waals surface area contributed by atoms with Crippen LogP contribution in [0, 0.1) is 11.6 Å². The highest BCUT2D eigenvalue weighted by atomic mass is 19.1. The molecule has 186 valence electrons. The largest absolute Gasteiger partial charge is 0.494 e. The predicted octanol–water partition coefficient (Wildman–Crippen LogP) is 5.05. The fraction of sp³-hybridized carbons (Fsp3) is 0.481. The van der Waals surface area contributed by atoms with Crippen molar-refractivity contribution in [1.82, 2.24) is 19.4 Å². The van der Waals surface area contributed by atoms with Crippen LogP contribution < -0.4 is 4.74 Å². The van der Waals surface area contributed by atoms with Crippen molar-refractivity contribution >= 4 is 16.8 Å². The van der Waals surface area contributed by atoms with Gasteiger partial charge in [0.05, 0.1) is 12.8 Å². The van der Waals surface area contributed by atoms with Gasteiger partial charge in [-0.05, 0) is 69.8 Å². The number of amides is 1. The Morgan fingerprint density at radius 1 is 1.11 bits per heavy atom. The second-order valence-electron chi connectivity index (χ2n) is 9.68. The zero-order chi connectivity index (χ0) is 24.4. The summed E-state index contributed by atoms with van der Waals surface area (Å²) in [7, 11) is 0. The molecule has 1 amide bonds. The lowest BCUT2D eigenvalue weighted by atomic mass is 10.0. The summed E-state index contributed by atoms with van der Waals surface area (Å²) in [6, 6.07) is 9.95. The third-order valence-electron chi connectivity index (χ3n) is 7.40. The molecule has 0 aliphatic carbocycles. The maximum atomic E-state index is 14.0. The number of pyridine rings is 1. The third kappa shape index (κ3) is 5.17. The van der Waals surface area contributed by atoms with Gasteiger partial charge < -0.3 is 19.1 Å². The van der Waals surface area contributed by atoms with Gasteiger partial charge in [-0.2, -0.15) is 0 Å². The van der Waals surface area contributed by atoms with Gasteiger partial charge in [-0.15, -0.1) is 0 Å². The molecule has 0 unspecified atom stereocenters. The Bertz CT molecular complexity index is 1190. The first-order chi connectivity index (χ1) is 17.0. The molecule has 6 nitrogen and oxygen atoms in total. The molecule has 0 spiro atoms. The summed E-state index contributed by atoms with van der Waals surface area (Å²) >= 11 is 0. The van der Waals surface area contributed by atoms with Crippen LogP contribution in [0.2, 0.25) is 0 Å². The third-order valence-corrected chi connectivity index (χ3v) is 7.40. The number of nitrogens with zero attached hydrogens (tertiary/aromatic N) is 4. The number of benzene rings is 1. The van der Waals surface area contributed by atoms with Crippen LogP contribution in [-0.4, -0.2) is 64.1 Å². The fourth-order valence-corrected chi connectivity index (χ4v) is 5.40. The lowest BCUT2D eigenvalue weighted by Crippen LogP contribution is -2.39. The maximum Gasteiger partial charge on any atom is 0.275 e. The molecule has 0 N–H and O–H groups in total. The van der Waals surface area contributed by atoms with E-state index in [9.17, 15) is 13.6 Å². The summed E-state index contributed by atoms with van der Waals surface area (Å²) in [5.41, 5.74) is 0.818. The van der Waals surface area contributed by atoms with E-state index < -0.39 is 17.5 Å². The number of carbonyl (C=O) groups excluding carboxylic acids is 1. The van der Waals surface area contributed by atoms with E-state index in [-0.39, 0.29) is 11.7 Å². The van der Waals surface area contributed by atoms with Gasteiger partial charge in [0.25, 0.3) is 5.91 Å². The maximum absolute atomic E-state index is 14.0. The minimum absolute atomic E-state index is 0.247. The van der Waals surface area contributed by atoms with Crippen LogP contribution in [0.25, 0.3) is 10.9 Å². The highest BCUT2D eigenvalue weighted by Gasteiger charge is 2.27. The Hall–Kier alpha value is -3.00. The number of ether oxygens (including phenoxy) is 1. The minimum Gasteiger partial charge on any atom is -0.494 e. The number of rotatable bonds is 7. The van der Waals surface area contributed by atoms with Crippen LogP contribution in [-0.2, 0) is 0 Å². The van der Waals surface area contributed by atoms with Crippen molar-refractivity contribution in [2.75, 3.05) is 32.8 Å². The number of carbonyl (C=O) groups is 1. The molecule has 0 saturated carbocycles. The van der Waals surface area contributed by atoms with Crippen molar-refractivity contribution in [3.8, 4) is 5.75 Å². The van der Waals surface area contributed by atoms with Crippen molar-refractivity contribution in [1.29, 1.82) is 0 Å². The first kappa shape index (κ1) is 23.7. The number of fused-ring (bicyclic) bond motifs is 1. The van der Waals surface area contributed by atoms with Crippen molar-refractivity contribution < 1.29 is 18.3 Å². The summed E-state index contributed by atoms with van der Waals surface area (Å²) < 4.78 is 35.4. The summed E-state index contributed by atoms with van der Waals surface area (Å²) in [6.45, 7) is 6.30. The summed E-state index contributed by atoms with van der Waals surface area (Å²) in [4.78, 5) is 20.4. The Morgan fingerprint density at radius 2 is 1.94 bits per heavy atom. The van der Waals surface area contributed by atoms with E-state index in [1.54, 1.807) is 4.90 Å². The van der Waals surface area contributed by atoms with E-state index in [0.717, 1.165) is 48.7 Å². The first-order valence-corrected chi connectivity index (χ1v) is 12.6. The van der Waals surface area contributed by atoms with Crippen LogP contribution in [0.5, 0.6) is 5.75 Å². The van der Waals surface area contributed by atoms with Gasteiger partial charge in [-0.25, -0.2) is 13.8 Å². The number of hydrogen-bond acceptors (Lipinski definition) is 4. The molecule has 8 heteroatoms. The Morgan fingerprint density at radius 3 is 2.69 bits per heavy atom. The van der Waals surface area contributed by atoms with E-state index in [1.807, 2.05) is 6.07 Å². The Balaban J connectivity index is 1.16. The predicted molar refractivity (Wildman–Crippen MR) is 131 cm³/mol. The van der Waals surface area contributed by atoms with Crippen LogP contribution in [0.4, 0.5) is 8.78 Å². The zero-order valence-electron chi connectivity index (χ0n) is 20.1. The van der Waals surface area contributed by atoms with Crippen LogP contribution in [0.1, 0.15) is 55.6 Å². The van der Waals surface area contributed by atoms with Gasteiger partial charge in [0.15, 0.2) is 11.5 Å². The molecule has 0 radical (unpaired) electrons. The second kappa shape index (κ2) is 10.3. The normalized spacial score (nSPS) is 19.5. The number of hydrogen-bond donors (Lipinski definition) is 0. The van der Waals surface area contributed by atoms with Gasteiger partial charge in [-0.3, -0.25) is 4.79 Å². The number of piperidine rings is 1. The van der Waals surface area contributed by atoms with Crippen molar-refractivity contribution in [2.24, 2.45) is 0 Å². The van der Waals surface area contributed by atoms with Crippen molar-refractivity contribution in [3.63, 3.8) is 0 Å². The monoisotopic (exact) mass is 482 g/mol. The van der Waals surface area contributed by atoms with Crippen molar-refractivity contribution in [2.45, 2.75) is 51.1 Å². The van der Waals surface area contributed by atoms with E-state index in [4.69, 9.17) is 4.74 Å². The van der Waals surface area contributed by atoms with Gasteiger partial charge in [0, 0.05) is 54.9 Å². The van der Waals surface area contributed by atoms with Gasteiger partial charge in [0.1, 0.15) is 11.6 Å². The second-order valence-corrected chi connectivity index (χ2v) is 9.68. The topological polar surface area (TPSA) is 50.6 Å². The highest BCUT2D eigenvalue weighted by Crippen LogP contribution is 2.30. The fourth-order valence-electron chi connectivity index (χ4n) is 5.40. The minimum atomic E-state index is -0.919. The van der Waals surface area contributed by atoms with Gasteiger partial charge in [0.2, 0.25) is 0 Å². The Kier molecular flexibility index (Phi) is 7.00.